The van der Waals surface area contributed by atoms with Crippen molar-refractivity contribution in [2.75, 3.05) is 0 Å². The van der Waals surface area contributed by atoms with E-state index in [4.69, 9.17) is 0 Å². The van der Waals surface area contributed by atoms with E-state index in [0.29, 0.717) is 11.2 Å². The third kappa shape index (κ3) is 2.46. The highest BCUT2D eigenvalue weighted by Gasteiger charge is 2.11. The van der Waals surface area contributed by atoms with Crippen LogP contribution < -0.4 is 5.56 Å². The fourth-order valence-corrected chi connectivity index (χ4v) is 3.62. The third-order valence-electron chi connectivity index (χ3n) is 5.01. The topological polar surface area (TPSA) is 39.8 Å². The molecule has 130 valence electrons. The Kier molecular flexibility index (Phi) is 3.96. The highest BCUT2D eigenvalue weighted by atomic mass is 16.1. The molecule has 2 aromatic carbocycles. The number of hydrogen-bond acceptors (Lipinski definition) is 2. The molecule has 0 aliphatic heterocycles. The van der Waals surface area contributed by atoms with Crippen molar-refractivity contribution in [1.82, 2.24) is 14.1 Å². The predicted octanol–water partition coefficient (Wildman–Crippen LogP) is 4.39. The molecule has 0 saturated heterocycles. The SMILES string of the molecule is CCn1c(C)c(C=Cc2nc3ccccc3c(=O)n2C)c2ccccc21. The Balaban J connectivity index is 1.89. The molecule has 0 spiro atoms. The van der Waals surface area contributed by atoms with E-state index in [1.807, 2.05) is 30.3 Å². The van der Waals surface area contributed by atoms with Gasteiger partial charge in [-0.25, -0.2) is 4.98 Å². The summed E-state index contributed by atoms with van der Waals surface area (Å²) in [6.45, 7) is 5.21. The van der Waals surface area contributed by atoms with Crippen molar-refractivity contribution in [1.29, 1.82) is 0 Å². The van der Waals surface area contributed by atoms with Crippen molar-refractivity contribution in [3.05, 3.63) is 76.0 Å². The normalized spacial score (nSPS) is 11.8. The predicted molar refractivity (Wildman–Crippen MR) is 108 cm³/mol. The number of nitrogens with zero attached hydrogens (tertiary/aromatic N) is 3. The first kappa shape index (κ1) is 16.3. The van der Waals surface area contributed by atoms with Gasteiger partial charge in [-0.05, 0) is 44.2 Å². The zero-order valence-electron chi connectivity index (χ0n) is 15.2. The van der Waals surface area contributed by atoms with Crippen LogP contribution in [0.2, 0.25) is 0 Å². The van der Waals surface area contributed by atoms with Gasteiger partial charge in [-0.2, -0.15) is 0 Å². The lowest BCUT2D eigenvalue weighted by Crippen LogP contribution is -2.20. The van der Waals surface area contributed by atoms with Crippen molar-refractivity contribution in [2.24, 2.45) is 7.05 Å². The molecule has 0 aliphatic carbocycles. The Morgan fingerprint density at radius 1 is 1.00 bits per heavy atom. The van der Waals surface area contributed by atoms with E-state index >= 15 is 0 Å². The zero-order chi connectivity index (χ0) is 18.3. The lowest BCUT2D eigenvalue weighted by molar-refractivity contribution is 0.769. The molecule has 4 nitrogen and oxygen atoms in total. The van der Waals surface area contributed by atoms with Crippen LogP contribution in [0.15, 0.2) is 53.3 Å². The molecule has 0 N–H and O–H groups in total. The Labute approximate surface area is 152 Å². The lowest BCUT2D eigenvalue weighted by Gasteiger charge is -2.06. The molecule has 4 aromatic rings. The monoisotopic (exact) mass is 343 g/mol. The number of aryl methyl sites for hydroxylation is 1. The van der Waals surface area contributed by atoms with Crippen LogP contribution in [0, 0.1) is 6.92 Å². The summed E-state index contributed by atoms with van der Waals surface area (Å²) in [5.41, 5.74) is 4.32. The molecule has 26 heavy (non-hydrogen) atoms. The molecule has 0 bridgehead atoms. The molecule has 0 atom stereocenters. The van der Waals surface area contributed by atoms with Crippen molar-refractivity contribution in [3.63, 3.8) is 0 Å². The van der Waals surface area contributed by atoms with Crippen molar-refractivity contribution < 1.29 is 0 Å². The van der Waals surface area contributed by atoms with Crippen LogP contribution in [-0.4, -0.2) is 14.1 Å². The molecule has 0 fully saturated rings. The van der Waals surface area contributed by atoms with Crippen molar-refractivity contribution in [2.45, 2.75) is 20.4 Å². The zero-order valence-corrected chi connectivity index (χ0v) is 15.2. The van der Waals surface area contributed by atoms with Crippen LogP contribution in [-0.2, 0) is 13.6 Å². The van der Waals surface area contributed by atoms with Gasteiger partial charge >= 0.3 is 0 Å². The maximum Gasteiger partial charge on any atom is 0.261 e. The van der Waals surface area contributed by atoms with E-state index in [1.54, 1.807) is 11.6 Å². The van der Waals surface area contributed by atoms with Gasteiger partial charge in [-0.3, -0.25) is 9.36 Å². The van der Waals surface area contributed by atoms with E-state index in [2.05, 4.69) is 53.7 Å². The van der Waals surface area contributed by atoms with Gasteiger partial charge in [0.25, 0.3) is 5.56 Å². The van der Waals surface area contributed by atoms with Crippen molar-refractivity contribution in [3.8, 4) is 0 Å². The Bertz CT molecular complexity index is 1210. The van der Waals surface area contributed by atoms with Gasteiger partial charge in [0.05, 0.1) is 10.9 Å². The van der Waals surface area contributed by atoms with Crippen LogP contribution in [0.3, 0.4) is 0 Å². The molecule has 2 heterocycles. The average Bonchev–Trinajstić information content (AvgIpc) is 2.94. The molecular formula is C22H21N3O. The van der Waals surface area contributed by atoms with Gasteiger partial charge in [-0.15, -0.1) is 0 Å². The van der Waals surface area contributed by atoms with Gasteiger partial charge < -0.3 is 4.57 Å². The Morgan fingerprint density at radius 3 is 2.46 bits per heavy atom. The molecule has 4 rings (SSSR count). The maximum atomic E-state index is 12.6. The van der Waals surface area contributed by atoms with Crippen LogP contribution in [0.5, 0.6) is 0 Å². The van der Waals surface area contributed by atoms with Crippen LogP contribution in [0.4, 0.5) is 0 Å². The van der Waals surface area contributed by atoms with Crippen molar-refractivity contribution >= 4 is 34.0 Å². The number of benzene rings is 2. The highest BCUT2D eigenvalue weighted by molar-refractivity contribution is 5.93. The fraction of sp³-hybridized carbons (Fsp3) is 0.182. The van der Waals surface area contributed by atoms with E-state index < -0.39 is 0 Å². The molecule has 4 heteroatoms. The minimum Gasteiger partial charge on any atom is -0.345 e. The number of hydrogen-bond donors (Lipinski definition) is 0. The molecule has 0 aliphatic rings. The standard InChI is InChI=1S/C22H21N3O/c1-4-25-15(2)16(17-9-6-8-12-20(17)25)13-14-21-23-19-11-7-5-10-18(19)22(26)24(21)3/h5-14H,4H2,1-3H3. The Morgan fingerprint density at radius 2 is 1.69 bits per heavy atom. The summed E-state index contributed by atoms with van der Waals surface area (Å²) in [5, 5.41) is 1.86. The summed E-state index contributed by atoms with van der Waals surface area (Å²) in [7, 11) is 1.77. The molecule has 2 aromatic heterocycles. The molecule has 0 unspecified atom stereocenters. The third-order valence-corrected chi connectivity index (χ3v) is 5.01. The number of fused-ring (bicyclic) bond motifs is 2. The maximum absolute atomic E-state index is 12.6. The second-order valence-corrected chi connectivity index (χ2v) is 6.45. The van der Waals surface area contributed by atoms with Crippen LogP contribution in [0.1, 0.15) is 24.0 Å². The number of aromatic nitrogens is 3. The van der Waals surface area contributed by atoms with E-state index in [-0.39, 0.29) is 5.56 Å². The molecule has 0 saturated carbocycles. The quantitative estimate of drug-likeness (QED) is 0.553. The summed E-state index contributed by atoms with van der Waals surface area (Å²) in [5.74, 6) is 0.654. The summed E-state index contributed by atoms with van der Waals surface area (Å²) in [6.07, 6.45) is 4.00. The largest absolute Gasteiger partial charge is 0.345 e. The smallest absolute Gasteiger partial charge is 0.261 e. The number of rotatable bonds is 3. The second kappa shape index (κ2) is 6.30. The summed E-state index contributed by atoms with van der Waals surface area (Å²) in [6, 6.07) is 15.9. The van der Waals surface area contributed by atoms with Gasteiger partial charge in [0, 0.05) is 35.8 Å². The second-order valence-electron chi connectivity index (χ2n) is 6.45. The lowest BCUT2D eigenvalue weighted by atomic mass is 10.1. The Hall–Kier alpha value is -3.14. The van der Waals surface area contributed by atoms with Gasteiger partial charge in [0.2, 0.25) is 0 Å². The summed E-state index contributed by atoms with van der Waals surface area (Å²) < 4.78 is 3.91. The van der Waals surface area contributed by atoms with Crippen LogP contribution >= 0.6 is 0 Å². The van der Waals surface area contributed by atoms with Gasteiger partial charge in [0.1, 0.15) is 5.82 Å². The van der Waals surface area contributed by atoms with Crippen LogP contribution in [0.25, 0.3) is 34.0 Å². The minimum atomic E-state index is -0.0250. The van der Waals surface area contributed by atoms with Gasteiger partial charge in [-0.1, -0.05) is 30.3 Å². The molecule has 0 amide bonds. The first-order chi connectivity index (χ1) is 12.6. The summed E-state index contributed by atoms with van der Waals surface area (Å²) >= 11 is 0. The summed E-state index contributed by atoms with van der Waals surface area (Å²) in [4.78, 5) is 17.2. The first-order valence-corrected chi connectivity index (χ1v) is 8.83. The average molecular weight is 343 g/mol. The van der Waals surface area contributed by atoms with Gasteiger partial charge in [0.15, 0.2) is 0 Å². The molecular weight excluding hydrogens is 322 g/mol. The van der Waals surface area contributed by atoms with E-state index in [0.717, 1.165) is 12.1 Å². The minimum absolute atomic E-state index is 0.0250. The highest BCUT2D eigenvalue weighted by Crippen LogP contribution is 2.27. The fourth-order valence-electron chi connectivity index (χ4n) is 3.62. The first-order valence-electron chi connectivity index (χ1n) is 8.83. The number of para-hydroxylation sites is 2. The molecule has 0 radical (unpaired) electrons. The van der Waals surface area contributed by atoms with E-state index in [1.165, 1.54) is 22.2 Å². The van der Waals surface area contributed by atoms with E-state index in [9.17, 15) is 4.79 Å².